The van der Waals surface area contributed by atoms with E-state index in [1.807, 2.05) is 4.68 Å². The lowest BCUT2D eigenvalue weighted by Gasteiger charge is -2.54. The first-order valence-corrected chi connectivity index (χ1v) is 13.5. The minimum Gasteiger partial charge on any atom is -0.477 e. The van der Waals surface area contributed by atoms with E-state index in [9.17, 15) is 4.79 Å². The van der Waals surface area contributed by atoms with Gasteiger partial charge in [0.25, 0.3) is 5.91 Å². The van der Waals surface area contributed by atoms with E-state index in [1.165, 1.54) is 77.0 Å². The van der Waals surface area contributed by atoms with Crippen LogP contribution in [0.1, 0.15) is 87.4 Å². The average Bonchev–Trinajstić information content (AvgIpc) is 3.53. The zero-order chi connectivity index (χ0) is 21.5. The van der Waals surface area contributed by atoms with Crippen molar-refractivity contribution in [1.29, 1.82) is 0 Å². The van der Waals surface area contributed by atoms with Crippen LogP contribution in [0.4, 0.5) is 0 Å². The second-order valence-electron chi connectivity index (χ2n) is 11.6. The number of carbonyl (C=O) groups excluding carboxylic acids is 1. The molecule has 0 spiro atoms. The maximum absolute atomic E-state index is 13.5. The first-order valence-electron chi connectivity index (χ1n) is 13.5. The summed E-state index contributed by atoms with van der Waals surface area (Å²) in [6.45, 7) is 2.34. The molecule has 4 bridgehead atoms. The van der Waals surface area contributed by atoms with Gasteiger partial charge in [0, 0.05) is 18.6 Å². The summed E-state index contributed by atoms with van der Waals surface area (Å²) >= 11 is 0. The van der Waals surface area contributed by atoms with Crippen molar-refractivity contribution in [3.63, 3.8) is 0 Å². The highest BCUT2D eigenvalue weighted by Gasteiger charge is 2.48. The van der Waals surface area contributed by atoms with Crippen LogP contribution in [0.5, 0.6) is 5.88 Å². The second-order valence-corrected chi connectivity index (χ2v) is 11.6. The van der Waals surface area contributed by atoms with Crippen LogP contribution in [-0.2, 0) is 6.54 Å². The van der Waals surface area contributed by atoms with Gasteiger partial charge >= 0.3 is 0 Å². The van der Waals surface area contributed by atoms with E-state index in [4.69, 9.17) is 4.74 Å². The molecule has 0 saturated heterocycles. The number of hydrogen-bond acceptors (Lipinski definition) is 4. The van der Waals surface area contributed by atoms with E-state index >= 15 is 0 Å². The third kappa shape index (κ3) is 4.44. The maximum atomic E-state index is 13.5. The van der Waals surface area contributed by atoms with E-state index in [0.29, 0.717) is 47.9 Å². The van der Waals surface area contributed by atoms with Crippen LogP contribution < -0.4 is 15.4 Å². The number of ether oxygens (including phenoxy) is 1. The average molecular weight is 441 g/mol. The Kier molecular flexibility index (Phi) is 5.91. The summed E-state index contributed by atoms with van der Waals surface area (Å²) in [5.74, 6) is 4.52. The molecule has 0 unspecified atom stereocenters. The molecule has 0 aromatic carbocycles. The third-order valence-corrected chi connectivity index (χ3v) is 9.07. The quantitative estimate of drug-likeness (QED) is 0.605. The van der Waals surface area contributed by atoms with Gasteiger partial charge < -0.3 is 15.4 Å². The Balaban J connectivity index is 1.14. The molecule has 6 saturated carbocycles. The van der Waals surface area contributed by atoms with Gasteiger partial charge in [-0.15, -0.1) is 0 Å². The first-order chi connectivity index (χ1) is 15.7. The highest BCUT2D eigenvalue weighted by molar-refractivity contribution is 5.96. The molecule has 0 atom stereocenters. The molecule has 1 aromatic heterocycles. The highest BCUT2D eigenvalue weighted by atomic mass is 16.5. The number of hydrogen-bond donors (Lipinski definition) is 2. The number of aromatic nitrogens is 2. The van der Waals surface area contributed by atoms with E-state index in [1.54, 1.807) is 6.20 Å². The predicted molar refractivity (Wildman–Crippen MR) is 124 cm³/mol. The van der Waals surface area contributed by atoms with Crippen molar-refractivity contribution in [2.75, 3.05) is 13.2 Å². The molecular weight excluding hydrogens is 400 g/mol. The van der Waals surface area contributed by atoms with Gasteiger partial charge in [-0.05, 0) is 87.4 Å². The zero-order valence-corrected chi connectivity index (χ0v) is 19.4. The normalized spacial score (nSPS) is 34.1. The fourth-order valence-corrected chi connectivity index (χ4v) is 7.44. The Hall–Kier alpha value is -1.56. The third-order valence-electron chi connectivity index (χ3n) is 9.07. The standard InChI is InChI=1S/C26H40N4O2/c31-25(29-24-20-11-18-10-19(13-20)14-21(24)12-18)23-15-28-30(9-8-27-22-6-7-22)26(23)32-16-17-4-2-1-3-5-17/h15,17-22,24,27H,1-14,16H2,(H,29,31). The lowest BCUT2D eigenvalue weighted by atomic mass is 9.54. The summed E-state index contributed by atoms with van der Waals surface area (Å²) in [6.07, 6.45) is 17.4. The Morgan fingerprint density at radius 2 is 1.72 bits per heavy atom. The predicted octanol–water partition coefficient (Wildman–Crippen LogP) is 4.15. The molecule has 6 nitrogen and oxygen atoms in total. The Morgan fingerprint density at radius 3 is 2.41 bits per heavy atom. The Bertz CT molecular complexity index is 783. The van der Waals surface area contributed by atoms with Crippen LogP contribution >= 0.6 is 0 Å². The SMILES string of the molecule is O=C(NC1C2CC3CC(C2)CC1C3)c1cnn(CCNC2CC2)c1OCC1CCCCC1. The van der Waals surface area contributed by atoms with Gasteiger partial charge in [0.1, 0.15) is 5.56 Å². The molecule has 6 aliphatic rings. The van der Waals surface area contributed by atoms with E-state index in [2.05, 4.69) is 15.7 Å². The molecule has 32 heavy (non-hydrogen) atoms. The summed E-state index contributed by atoms with van der Waals surface area (Å²) in [4.78, 5) is 13.5. The van der Waals surface area contributed by atoms with Gasteiger partial charge in [0.15, 0.2) is 0 Å². The monoisotopic (exact) mass is 440 g/mol. The molecular formula is C26H40N4O2. The van der Waals surface area contributed by atoms with E-state index in [0.717, 1.165) is 24.9 Å². The van der Waals surface area contributed by atoms with Gasteiger partial charge in [-0.25, -0.2) is 4.68 Å². The smallest absolute Gasteiger partial charge is 0.258 e. The number of nitrogens with zero attached hydrogens (tertiary/aromatic N) is 2. The van der Waals surface area contributed by atoms with Gasteiger partial charge in [-0.1, -0.05) is 19.3 Å². The van der Waals surface area contributed by atoms with Crippen LogP contribution in [0.3, 0.4) is 0 Å². The van der Waals surface area contributed by atoms with Crippen molar-refractivity contribution in [2.45, 2.75) is 95.7 Å². The lowest BCUT2D eigenvalue weighted by Crippen LogP contribution is -2.55. The van der Waals surface area contributed by atoms with Gasteiger partial charge in [-0.3, -0.25) is 4.79 Å². The Morgan fingerprint density at radius 1 is 1.00 bits per heavy atom. The number of rotatable bonds is 9. The van der Waals surface area contributed by atoms with Crippen molar-refractivity contribution in [1.82, 2.24) is 20.4 Å². The minimum atomic E-state index is 0.0301. The summed E-state index contributed by atoms with van der Waals surface area (Å²) in [7, 11) is 0. The summed E-state index contributed by atoms with van der Waals surface area (Å²) in [5, 5.41) is 11.6. The summed E-state index contributed by atoms with van der Waals surface area (Å²) in [5.41, 5.74) is 0.640. The van der Waals surface area contributed by atoms with Gasteiger partial charge in [-0.2, -0.15) is 5.10 Å². The van der Waals surface area contributed by atoms with Crippen LogP contribution in [-0.4, -0.2) is 40.9 Å². The molecule has 1 heterocycles. The molecule has 6 aliphatic carbocycles. The van der Waals surface area contributed by atoms with Crippen molar-refractivity contribution >= 4 is 5.91 Å². The van der Waals surface area contributed by atoms with Gasteiger partial charge in [0.2, 0.25) is 5.88 Å². The molecule has 7 rings (SSSR count). The van der Waals surface area contributed by atoms with Crippen molar-refractivity contribution in [3.8, 4) is 5.88 Å². The molecule has 1 amide bonds. The molecule has 176 valence electrons. The zero-order valence-electron chi connectivity index (χ0n) is 19.4. The molecule has 1 aromatic rings. The van der Waals surface area contributed by atoms with Crippen LogP contribution in [0.25, 0.3) is 0 Å². The molecule has 2 N–H and O–H groups in total. The van der Waals surface area contributed by atoms with Gasteiger partial charge in [0.05, 0.1) is 19.3 Å². The Labute approximate surface area is 192 Å². The molecule has 6 heteroatoms. The van der Waals surface area contributed by atoms with Crippen LogP contribution in [0.2, 0.25) is 0 Å². The van der Waals surface area contributed by atoms with Crippen molar-refractivity contribution in [3.05, 3.63) is 11.8 Å². The number of amides is 1. The highest BCUT2D eigenvalue weighted by Crippen LogP contribution is 2.53. The fraction of sp³-hybridized carbons (Fsp3) is 0.846. The van der Waals surface area contributed by atoms with Crippen LogP contribution in [0, 0.1) is 29.6 Å². The van der Waals surface area contributed by atoms with Crippen molar-refractivity contribution in [2.24, 2.45) is 29.6 Å². The summed E-state index contributed by atoms with van der Waals surface area (Å²) in [6, 6.07) is 1.03. The van der Waals surface area contributed by atoms with Crippen LogP contribution in [0.15, 0.2) is 6.20 Å². The maximum Gasteiger partial charge on any atom is 0.258 e. The molecule has 0 radical (unpaired) electrons. The van der Waals surface area contributed by atoms with E-state index in [-0.39, 0.29) is 5.91 Å². The van der Waals surface area contributed by atoms with Crippen molar-refractivity contribution < 1.29 is 9.53 Å². The first kappa shape index (κ1) is 21.0. The number of carbonyl (C=O) groups is 1. The lowest BCUT2D eigenvalue weighted by molar-refractivity contribution is -0.0120. The number of nitrogens with one attached hydrogen (secondary N) is 2. The topological polar surface area (TPSA) is 68.2 Å². The van der Waals surface area contributed by atoms with E-state index < -0.39 is 0 Å². The summed E-state index contributed by atoms with van der Waals surface area (Å²) < 4.78 is 8.28. The minimum absolute atomic E-state index is 0.0301. The molecule has 6 fully saturated rings. The largest absolute Gasteiger partial charge is 0.477 e. The second kappa shape index (κ2) is 9.00. The fourth-order valence-electron chi connectivity index (χ4n) is 7.44. The molecule has 0 aliphatic heterocycles.